The lowest BCUT2D eigenvalue weighted by atomic mass is 10.1. The van der Waals surface area contributed by atoms with E-state index < -0.39 is 12.0 Å². The molecule has 0 bridgehead atoms. The minimum atomic E-state index is -1.20. The molecule has 0 saturated carbocycles. The van der Waals surface area contributed by atoms with Gasteiger partial charge in [-0.25, -0.2) is 14.8 Å². The van der Waals surface area contributed by atoms with E-state index in [1.165, 1.54) is 25.1 Å². The van der Waals surface area contributed by atoms with Crippen molar-refractivity contribution in [3.8, 4) is 34.4 Å². The van der Waals surface area contributed by atoms with Gasteiger partial charge in [0.25, 0.3) is 0 Å². The number of nitrogens with one attached hydrogen (secondary N) is 2. The van der Waals surface area contributed by atoms with Crippen molar-refractivity contribution >= 4 is 17.1 Å². The van der Waals surface area contributed by atoms with Gasteiger partial charge in [-0.3, -0.25) is 9.98 Å². The number of aromatic amines is 1. The summed E-state index contributed by atoms with van der Waals surface area (Å²) in [5.41, 5.74) is 1.45. The van der Waals surface area contributed by atoms with E-state index >= 15 is 0 Å². The Morgan fingerprint density at radius 3 is 2.49 bits per heavy atom. The molecule has 0 aliphatic rings. The summed E-state index contributed by atoms with van der Waals surface area (Å²) in [6.07, 6.45) is 1.29. The van der Waals surface area contributed by atoms with Crippen LogP contribution in [0.1, 0.15) is 18.5 Å². The number of nitrogens with zero attached hydrogens (tertiary/aromatic N) is 3. The van der Waals surface area contributed by atoms with E-state index in [1.54, 1.807) is 43.5 Å². The maximum atomic E-state index is 12.5. The molecule has 2 aromatic carbocycles. The highest BCUT2D eigenvalue weighted by Gasteiger charge is 2.26. The van der Waals surface area contributed by atoms with E-state index in [2.05, 4.69) is 15.0 Å². The lowest BCUT2D eigenvalue weighted by Crippen LogP contribution is -2.24. The van der Waals surface area contributed by atoms with Gasteiger partial charge in [0.05, 0.1) is 39.8 Å². The smallest absolute Gasteiger partial charge is 0.331 e. The highest BCUT2D eigenvalue weighted by Crippen LogP contribution is 2.35. The molecule has 2 aromatic heterocycles. The molecule has 35 heavy (non-hydrogen) atoms. The first-order chi connectivity index (χ1) is 16.9. The average molecular weight is 479 g/mol. The van der Waals surface area contributed by atoms with E-state index in [1.807, 2.05) is 6.92 Å². The molecular weight excluding hydrogens is 454 g/mol. The zero-order chi connectivity index (χ0) is 25.1. The van der Waals surface area contributed by atoms with Crippen molar-refractivity contribution in [2.75, 3.05) is 27.9 Å². The Bertz CT molecular complexity index is 1440. The van der Waals surface area contributed by atoms with Crippen molar-refractivity contribution in [2.45, 2.75) is 13.0 Å². The summed E-state index contributed by atoms with van der Waals surface area (Å²) in [6, 6.07) is 8.95. The van der Waals surface area contributed by atoms with Crippen molar-refractivity contribution in [3.05, 3.63) is 53.8 Å². The first-order valence-electron chi connectivity index (χ1n) is 10.7. The minimum Gasteiger partial charge on any atom is -0.497 e. The molecule has 11 nitrogen and oxygen atoms in total. The molecule has 182 valence electrons. The van der Waals surface area contributed by atoms with Crippen LogP contribution in [0.5, 0.6) is 23.0 Å². The molecule has 0 radical (unpaired) electrons. The number of rotatable bonds is 9. The maximum Gasteiger partial charge on any atom is 0.331 e. The van der Waals surface area contributed by atoms with Crippen LogP contribution in [-0.2, 0) is 4.79 Å². The topological polar surface area (TPSA) is 145 Å². The number of aliphatic carboxylic acids is 1. The number of ether oxygens (including phenoxy) is 4. The predicted octanol–water partition coefficient (Wildman–Crippen LogP) is 3.00. The number of imidazole rings is 1. The third-order valence-electron chi connectivity index (χ3n) is 5.45. The van der Waals surface area contributed by atoms with E-state index in [-0.39, 0.29) is 16.7 Å². The normalized spacial score (nSPS) is 11.8. The standard InChI is InChI=1S/C24H25N5O6/c1-5-35-18-10-13(6-8-17(18)34-4)20(24(30)31)29-12-26-21(25)19-23(29)28-22(27-19)15-11-14(32-2)7-9-16(15)33-3/h6-12,20,25H,5H2,1-4H3,(H,27,28)(H,30,31). The van der Waals surface area contributed by atoms with Gasteiger partial charge in [0, 0.05) is 0 Å². The fraction of sp³-hybridized carbons (Fsp3) is 0.250. The minimum absolute atomic E-state index is 0.0780. The molecule has 0 spiro atoms. The lowest BCUT2D eigenvalue weighted by Gasteiger charge is -2.19. The quantitative estimate of drug-likeness (QED) is 0.332. The molecule has 4 aromatic rings. The van der Waals surface area contributed by atoms with Gasteiger partial charge in [-0.15, -0.1) is 0 Å². The third kappa shape index (κ3) is 4.35. The number of H-pyrrole nitrogens is 1. The Morgan fingerprint density at radius 1 is 1.09 bits per heavy atom. The monoisotopic (exact) mass is 479 g/mol. The molecule has 0 aliphatic heterocycles. The highest BCUT2D eigenvalue weighted by atomic mass is 16.5. The number of carboxylic acids is 1. The molecule has 1 atom stereocenters. The van der Waals surface area contributed by atoms with Crippen LogP contribution < -0.4 is 24.4 Å². The second-order valence-electron chi connectivity index (χ2n) is 7.43. The molecule has 0 saturated heterocycles. The number of aromatic nitrogens is 4. The molecule has 2 heterocycles. The maximum absolute atomic E-state index is 12.5. The molecule has 0 aliphatic carbocycles. The number of carboxylic acid groups (broad SMARTS) is 1. The summed E-state index contributed by atoms with van der Waals surface area (Å²) in [4.78, 5) is 24.3. The lowest BCUT2D eigenvalue weighted by molar-refractivity contribution is -0.139. The highest BCUT2D eigenvalue weighted by molar-refractivity contribution is 5.82. The van der Waals surface area contributed by atoms with Crippen LogP contribution >= 0.6 is 0 Å². The van der Waals surface area contributed by atoms with Crippen molar-refractivity contribution in [2.24, 2.45) is 0 Å². The number of hydrogen-bond donors (Lipinski definition) is 3. The van der Waals surface area contributed by atoms with Crippen molar-refractivity contribution in [1.82, 2.24) is 19.5 Å². The average Bonchev–Trinajstić information content (AvgIpc) is 3.32. The van der Waals surface area contributed by atoms with E-state index in [0.29, 0.717) is 46.6 Å². The molecule has 0 amide bonds. The zero-order valence-electron chi connectivity index (χ0n) is 19.7. The van der Waals surface area contributed by atoms with Gasteiger partial charge < -0.3 is 29.0 Å². The number of hydrogen-bond acceptors (Lipinski definition) is 8. The van der Waals surface area contributed by atoms with Gasteiger partial charge in [-0.1, -0.05) is 6.07 Å². The van der Waals surface area contributed by atoms with Gasteiger partial charge in [0.1, 0.15) is 22.8 Å². The number of carbonyl (C=O) groups is 1. The fourth-order valence-electron chi connectivity index (χ4n) is 3.82. The summed E-state index contributed by atoms with van der Waals surface area (Å²) in [6.45, 7) is 2.21. The first kappa shape index (κ1) is 23.6. The summed E-state index contributed by atoms with van der Waals surface area (Å²) in [7, 11) is 4.60. The van der Waals surface area contributed by atoms with Gasteiger partial charge in [-0.2, -0.15) is 0 Å². The Kier molecular flexibility index (Phi) is 6.58. The second-order valence-corrected chi connectivity index (χ2v) is 7.43. The first-order valence-corrected chi connectivity index (χ1v) is 10.7. The number of benzene rings is 2. The molecule has 11 heteroatoms. The summed E-state index contributed by atoms with van der Waals surface area (Å²) in [5.74, 6) is 1.27. The Labute approximate surface area is 200 Å². The molecular formula is C24H25N5O6. The Morgan fingerprint density at radius 2 is 1.83 bits per heavy atom. The van der Waals surface area contributed by atoms with Crippen molar-refractivity contribution in [1.29, 1.82) is 5.41 Å². The molecule has 0 fully saturated rings. The summed E-state index contributed by atoms with van der Waals surface area (Å²) in [5, 5.41) is 18.5. The van der Waals surface area contributed by atoms with Gasteiger partial charge in [0.2, 0.25) is 0 Å². The van der Waals surface area contributed by atoms with Gasteiger partial charge in [-0.05, 0) is 42.8 Å². The van der Waals surface area contributed by atoms with Crippen molar-refractivity contribution < 1.29 is 28.8 Å². The fourth-order valence-corrected chi connectivity index (χ4v) is 3.82. The van der Waals surface area contributed by atoms with Crippen LogP contribution in [0.3, 0.4) is 0 Å². The largest absolute Gasteiger partial charge is 0.497 e. The number of fused-ring (bicyclic) bond motifs is 1. The third-order valence-corrected chi connectivity index (χ3v) is 5.45. The van der Waals surface area contributed by atoms with Crippen molar-refractivity contribution in [3.63, 3.8) is 0 Å². The van der Waals surface area contributed by atoms with Crippen LogP contribution in [0.4, 0.5) is 0 Å². The van der Waals surface area contributed by atoms with Crippen LogP contribution in [-0.4, -0.2) is 58.5 Å². The number of methoxy groups -OCH3 is 3. The molecule has 1 unspecified atom stereocenters. The zero-order valence-corrected chi connectivity index (χ0v) is 19.7. The Balaban J connectivity index is 1.92. The summed E-state index contributed by atoms with van der Waals surface area (Å²) >= 11 is 0. The molecule has 3 N–H and O–H groups in total. The van der Waals surface area contributed by atoms with Crippen LogP contribution in [0.2, 0.25) is 0 Å². The van der Waals surface area contributed by atoms with Crippen LogP contribution in [0.25, 0.3) is 22.6 Å². The predicted molar refractivity (Wildman–Crippen MR) is 126 cm³/mol. The SMILES string of the molecule is CCOc1cc(C(C(=O)O)n2cnc(=N)c3[nH]c(-c4cc(OC)ccc4OC)nc32)ccc1OC. The molecule has 4 rings (SSSR count). The van der Waals surface area contributed by atoms with E-state index in [4.69, 9.17) is 24.4 Å². The van der Waals surface area contributed by atoms with Gasteiger partial charge in [0.15, 0.2) is 28.7 Å². The Hall–Kier alpha value is -4.54. The van der Waals surface area contributed by atoms with E-state index in [9.17, 15) is 9.90 Å². The van der Waals surface area contributed by atoms with E-state index in [0.717, 1.165) is 0 Å². The second kappa shape index (κ2) is 9.75. The summed E-state index contributed by atoms with van der Waals surface area (Å²) < 4.78 is 23.1. The van der Waals surface area contributed by atoms with Crippen LogP contribution in [0, 0.1) is 5.41 Å². The van der Waals surface area contributed by atoms with Crippen LogP contribution in [0.15, 0.2) is 42.7 Å². The van der Waals surface area contributed by atoms with Gasteiger partial charge >= 0.3 is 5.97 Å².